The Labute approximate surface area is 100 Å². The summed E-state index contributed by atoms with van der Waals surface area (Å²) >= 11 is 2.97. The third-order valence-electron chi connectivity index (χ3n) is 1.99. The molecule has 0 atom stereocenters. The summed E-state index contributed by atoms with van der Waals surface area (Å²) in [4.78, 5) is 12.1. The number of hydrogen-bond acceptors (Lipinski definition) is 2. The van der Waals surface area contributed by atoms with Crippen LogP contribution in [0.25, 0.3) is 0 Å². The van der Waals surface area contributed by atoms with Gasteiger partial charge in [-0.15, -0.1) is 0 Å². The Kier molecular flexibility index (Phi) is 4.37. The van der Waals surface area contributed by atoms with Gasteiger partial charge in [0.05, 0.1) is 11.0 Å². The summed E-state index contributed by atoms with van der Waals surface area (Å²) in [6, 6.07) is 2.46. The van der Waals surface area contributed by atoms with Crippen LogP contribution in [-0.2, 0) is 11.3 Å². The van der Waals surface area contributed by atoms with Crippen LogP contribution < -0.4 is 5.73 Å². The molecule has 0 aliphatic rings. The molecule has 0 aromatic heterocycles. The molecule has 0 saturated heterocycles. The van der Waals surface area contributed by atoms with Crippen molar-refractivity contribution < 1.29 is 13.6 Å². The van der Waals surface area contributed by atoms with E-state index in [0.717, 1.165) is 0 Å². The highest BCUT2D eigenvalue weighted by molar-refractivity contribution is 9.10. The highest BCUT2D eigenvalue weighted by atomic mass is 79.9. The van der Waals surface area contributed by atoms with Crippen molar-refractivity contribution in [2.24, 2.45) is 5.73 Å². The molecule has 0 unspecified atom stereocenters. The fourth-order valence-corrected chi connectivity index (χ4v) is 1.68. The van der Waals surface area contributed by atoms with E-state index in [4.69, 9.17) is 5.73 Å². The van der Waals surface area contributed by atoms with Gasteiger partial charge in [0.1, 0.15) is 11.6 Å². The van der Waals surface area contributed by atoms with Gasteiger partial charge in [0.15, 0.2) is 0 Å². The Morgan fingerprint density at radius 2 is 2.12 bits per heavy atom. The first kappa shape index (κ1) is 13.1. The van der Waals surface area contributed by atoms with Crippen LogP contribution in [0.4, 0.5) is 8.78 Å². The molecule has 1 aromatic rings. The van der Waals surface area contributed by atoms with Crippen molar-refractivity contribution in [3.63, 3.8) is 0 Å². The topological polar surface area (TPSA) is 46.3 Å². The molecule has 0 fully saturated rings. The maximum absolute atomic E-state index is 13.5. The highest BCUT2D eigenvalue weighted by Crippen LogP contribution is 2.22. The molecule has 0 heterocycles. The Morgan fingerprint density at radius 1 is 1.50 bits per heavy atom. The standard InChI is InChI=1S/C10H11BrF2N2O/c1-15(5-9(14)16)4-6-8(12)3-2-7(11)10(6)13/h2-3H,4-5H2,1H3,(H2,14,16). The van der Waals surface area contributed by atoms with Gasteiger partial charge >= 0.3 is 0 Å². The summed E-state index contributed by atoms with van der Waals surface area (Å²) in [5.41, 5.74) is 4.89. The SMILES string of the molecule is CN(CC(N)=O)Cc1c(F)ccc(Br)c1F. The number of likely N-dealkylation sites (N-methyl/N-ethyl adjacent to an activating group) is 1. The summed E-state index contributed by atoms with van der Waals surface area (Å²) in [7, 11) is 1.56. The lowest BCUT2D eigenvalue weighted by Gasteiger charge is -2.15. The molecular formula is C10H11BrF2N2O. The van der Waals surface area contributed by atoms with E-state index < -0.39 is 17.5 Å². The number of amides is 1. The molecule has 1 rings (SSSR count). The summed E-state index contributed by atoms with van der Waals surface area (Å²) in [5.74, 6) is -1.84. The van der Waals surface area contributed by atoms with Gasteiger partial charge in [0, 0.05) is 12.1 Å². The molecule has 0 radical (unpaired) electrons. The smallest absolute Gasteiger partial charge is 0.231 e. The number of halogens is 3. The number of carbonyl (C=O) groups is 1. The highest BCUT2D eigenvalue weighted by Gasteiger charge is 2.14. The first-order chi connectivity index (χ1) is 7.41. The fourth-order valence-electron chi connectivity index (χ4n) is 1.31. The molecule has 0 saturated carbocycles. The van der Waals surface area contributed by atoms with Crippen LogP contribution in [0.5, 0.6) is 0 Å². The third kappa shape index (κ3) is 3.24. The van der Waals surface area contributed by atoms with E-state index in [-0.39, 0.29) is 23.1 Å². The summed E-state index contributed by atoms with van der Waals surface area (Å²) in [6.07, 6.45) is 0. The second-order valence-electron chi connectivity index (χ2n) is 3.46. The van der Waals surface area contributed by atoms with Gasteiger partial charge in [-0.2, -0.15) is 0 Å². The van der Waals surface area contributed by atoms with Crippen molar-refractivity contribution in [3.05, 3.63) is 33.8 Å². The maximum Gasteiger partial charge on any atom is 0.231 e. The molecule has 88 valence electrons. The lowest BCUT2D eigenvalue weighted by molar-refractivity contribution is -0.118. The van der Waals surface area contributed by atoms with E-state index in [1.807, 2.05) is 0 Å². The van der Waals surface area contributed by atoms with Gasteiger partial charge in [0.25, 0.3) is 0 Å². The largest absolute Gasteiger partial charge is 0.369 e. The van der Waals surface area contributed by atoms with Gasteiger partial charge in [0.2, 0.25) is 5.91 Å². The zero-order valence-electron chi connectivity index (χ0n) is 8.64. The first-order valence-electron chi connectivity index (χ1n) is 4.51. The summed E-state index contributed by atoms with van der Waals surface area (Å²) in [5, 5.41) is 0. The van der Waals surface area contributed by atoms with Crippen LogP contribution in [-0.4, -0.2) is 24.4 Å². The molecular weight excluding hydrogens is 282 g/mol. The molecule has 3 nitrogen and oxygen atoms in total. The fraction of sp³-hybridized carbons (Fsp3) is 0.300. The van der Waals surface area contributed by atoms with Crippen molar-refractivity contribution in [3.8, 4) is 0 Å². The number of carbonyl (C=O) groups excluding carboxylic acids is 1. The van der Waals surface area contributed by atoms with Crippen molar-refractivity contribution in [2.45, 2.75) is 6.54 Å². The summed E-state index contributed by atoms with van der Waals surface area (Å²) < 4.78 is 27.0. The molecule has 6 heteroatoms. The number of hydrogen-bond donors (Lipinski definition) is 1. The number of rotatable bonds is 4. The normalized spacial score (nSPS) is 10.8. The minimum Gasteiger partial charge on any atom is -0.369 e. The molecule has 2 N–H and O–H groups in total. The number of primary amides is 1. The van der Waals surface area contributed by atoms with E-state index in [2.05, 4.69) is 15.9 Å². The molecule has 0 aliphatic heterocycles. The Balaban J connectivity index is 2.88. The first-order valence-corrected chi connectivity index (χ1v) is 5.30. The monoisotopic (exact) mass is 292 g/mol. The molecule has 0 aliphatic carbocycles. The maximum atomic E-state index is 13.5. The number of nitrogens with zero attached hydrogens (tertiary/aromatic N) is 1. The molecule has 0 spiro atoms. The predicted molar refractivity (Wildman–Crippen MR) is 59.6 cm³/mol. The average molecular weight is 293 g/mol. The van der Waals surface area contributed by atoms with Crippen LogP contribution in [0, 0.1) is 11.6 Å². The van der Waals surface area contributed by atoms with Crippen molar-refractivity contribution in [1.29, 1.82) is 0 Å². The Hall–Kier alpha value is -1.01. The van der Waals surface area contributed by atoms with Crippen LogP contribution in [0.15, 0.2) is 16.6 Å². The van der Waals surface area contributed by atoms with Crippen molar-refractivity contribution >= 4 is 21.8 Å². The Bertz CT molecular complexity index is 412. The number of benzene rings is 1. The predicted octanol–water partition coefficient (Wildman–Crippen LogP) is 1.64. The van der Waals surface area contributed by atoms with Crippen LogP contribution >= 0.6 is 15.9 Å². The van der Waals surface area contributed by atoms with E-state index in [0.29, 0.717) is 0 Å². The van der Waals surface area contributed by atoms with Gasteiger partial charge in [-0.1, -0.05) is 0 Å². The number of nitrogens with two attached hydrogens (primary N) is 1. The van der Waals surface area contributed by atoms with Gasteiger partial charge < -0.3 is 5.73 Å². The average Bonchev–Trinajstić information content (AvgIpc) is 2.17. The molecule has 1 aromatic carbocycles. The van der Waals surface area contributed by atoms with Gasteiger partial charge in [-0.05, 0) is 35.1 Å². The van der Waals surface area contributed by atoms with E-state index >= 15 is 0 Å². The zero-order valence-corrected chi connectivity index (χ0v) is 10.2. The van der Waals surface area contributed by atoms with E-state index in [1.165, 1.54) is 17.0 Å². The second-order valence-corrected chi connectivity index (χ2v) is 4.31. The Morgan fingerprint density at radius 3 is 2.69 bits per heavy atom. The van der Waals surface area contributed by atoms with Crippen LogP contribution in [0.2, 0.25) is 0 Å². The minimum absolute atomic E-state index is 0.0138. The zero-order chi connectivity index (χ0) is 12.3. The van der Waals surface area contributed by atoms with Crippen molar-refractivity contribution in [2.75, 3.05) is 13.6 Å². The molecule has 0 bridgehead atoms. The van der Waals surface area contributed by atoms with Gasteiger partial charge in [-0.25, -0.2) is 8.78 Å². The molecule has 16 heavy (non-hydrogen) atoms. The van der Waals surface area contributed by atoms with E-state index in [9.17, 15) is 13.6 Å². The third-order valence-corrected chi connectivity index (χ3v) is 2.61. The van der Waals surface area contributed by atoms with Crippen LogP contribution in [0.3, 0.4) is 0 Å². The van der Waals surface area contributed by atoms with E-state index in [1.54, 1.807) is 7.05 Å². The van der Waals surface area contributed by atoms with Gasteiger partial charge in [-0.3, -0.25) is 9.69 Å². The minimum atomic E-state index is -0.656. The van der Waals surface area contributed by atoms with Crippen molar-refractivity contribution in [1.82, 2.24) is 4.90 Å². The lowest BCUT2D eigenvalue weighted by Crippen LogP contribution is -2.30. The van der Waals surface area contributed by atoms with Crippen LogP contribution in [0.1, 0.15) is 5.56 Å². The lowest BCUT2D eigenvalue weighted by atomic mass is 10.2. The second kappa shape index (κ2) is 5.36. The quantitative estimate of drug-likeness (QED) is 0.858. The molecule has 1 amide bonds. The summed E-state index contributed by atoms with van der Waals surface area (Å²) in [6.45, 7) is -0.0640.